The average molecular weight is 386 g/mol. The summed E-state index contributed by atoms with van der Waals surface area (Å²) in [6.45, 7) is 5.27. The van der Waals surface area contributed by atoms with Gasteiger partial charge in [-0.05, 0) is 69.9 Å². The van der Waals surface area contributed by atoms with Crippen LogP contribution < -0.4 is 5.32 Å². The lowest BCUT2D eigenvalue weighted by Crippen LogP contribution is -2.55. The van der Waals surface area contributed by atoms with Crippen LogP contribution in [0, 0.1) is 11.8 Å². The molecule has 0 aliphatic carbocycles. The van der Waals surface area contributed by atoms with Gasteiger partial charge in [-0.1, -0.05) is 0 Å². The first kappa shape index (κ1) is 19.9. The third-order valence-corrected chi connectivity index (χ3v) is 6.61. The number of likely N-dealkylation sites (tertiary alicyclic amines) is 2. The van der Waals surface area contributed by atoms with Gasteiger partial charge < -0.3 is 19.9 Å². The third-order valence-electron chi connectivity index (χ3n) is 6.61. The van der Waals surface area contributed by atoms with Crippen LogP contribution in [0.4, 0.5) is 0 Å². The number of rotatable bonds is 2. The number of halogens is 1. The lowest BCUT2D eigenvalue weighted by atomic mass is 9.92. The molecule has 0 saturated carbocycles. The van der Waals surface area contributed by atoms with E-state index in [1.807, 2.05) is 9.80 Å². The topological polar surface area (TPSA) is 61.9 Å². The minimum absolute atomic E-state index is 0. The highest BCUT2D eigenvalue weighted by molar-refractivity contribution is 5.89. The Morgan fingerprint density at radius 2 is 1.58 bits per heavy atom. The first-order chi connectivity index (χ1) is 12.2. The van der Waals surface area contributed by atoms with Gasteiger partial charge in [0.1, 0.15) is 12.1 Å². The zero-order chi connectivity index (χ0) is 17.2. The van der Waals surface area contributed by atoms with Crippen molar-refractivity contribution >= 4 is 24.2 Å². The molecule has 4 fully saturated rings. The number of carbonyl (C=O) groups excluding carboxylic acids is 2. The highest BCUT2D eigenvalue weighted by Gasteiger charge is 2.40. The summed E-state index contributed by atoms with van der Waals surface area (Å²) in [7, 11) is 0. The second kappa shape index (κ2) is 8.89. The number of carbonyl (C=O) groups is 2. The Labute approximate surface area is 162 Å². The molecule has 0 aromatic heterocycles. The Morgan fingerprint density at radius 3 is 2.23 bits per heavy atom. The number of hydrogen-bond acceptors (Lipinski definition) is 4. The average Bonchev–Trinajstić information content (AvgIpc) is 3.30. The molecule has 6 nitrogen and oxygen atoms in total. The van der Waals surface area contributed by atoms with E-state index in [-0.39, 0.29) is 36.4 Å². The molecule has 4 aliphatic rings. The number of ether oxygens (including phenoxy) is 1. The quantitative estimate of drug-likeness (QED) is 0.781. The molecule has 4 saturated heterocycles. The van der Waals surface area contributed by atoms with Gasteiger partial charge in [0, 0.05) is 26.2 Å². The molecule has 4 atom stereocenters. The van der Waals surface area contributed by atoms with Crippen molar-refractivity contribution in [2.45, 2.75) is 57.1 Å². The van der Waals surface area contributed by atoms with Crippen LogP contribution >= 0.6 is 12.4 Å². The molecule has 0 aromatic carbocycles. The fourth-order valence-corrected chi connectivity index (χ4v) is 5.06. The van der Waals surface area contributed by atoms with Gasteiger partial charge in [-0.2, -0.15) is 0 Å². The van der Waals surface area contributed by atoms with Crippen molar-refractivity contribution in [3.05, 3.63) is 0 Å². The number of fused-ring (bicyclic) bond motifs is 1. The monoisotopic (exact) mass is 385 g/mol. The molecule has 2 amide bonds. The van der Waals surface area contributed by atoms with E-state index in [0.717, 1.165) is 71.1 Å². The Bertz CT molecular complexity index is 498. The maximum atomic E-state index is 13.2. The summed E-state index contributed by atoms with van der Waals surface area (Å²) in [4.78, 5) is 30.0. The summed E-state index contributed by atoms with van der Waals surface area (Å²) in [5.41, 5.74) is 0. The van der Waals surface area contributed by atoms with E-state index in [1.165, 1.54) is 0 Å². The van der Waals surface area contributed by atoms with Crippen LogP contribution in [0.3, 0.4) is 0 Å². The van der Waals surface area contributed by atoms with Crippen molar-refractivity contribution in [3.8, 4) is 0 Å². The molecular formula is C19H32ClN3O3. The minimum Gasteiger partial charge on any atom is -0.368 e. The smallest absolute Gasteiger partial charge is 0.252 e. The van der Waals surface area contributed by atoms with Crippen molar-refractivity contribution in [3.63, 3.8) is 0 Å². The first-order valence-electron chi connectivity index (χ1n) is 10.2. The van der Waals surface area contributed by atoms with Gasteiger partial charge in [-0.25, -0.2) is 0 Å². The molecule has 0 radical (unpaired) electrons. The van der Waals surface area contributed by atoms with Crippen LogP contribution in [-0.4, -0.2) is 73.1 Å². The molecule has 4 aliphatic heterocycles. The number of hydrogen-bond donors (Lipinski definition) is 1. The fourth-order valence-electron chi connectivity index (χ4n) is 5.06. The van der Waals surface area contributed by atoms with Gasteiger partial charge in [-0.15, -0.1) is 12.4 Å². The van der Waals surface area contributed by atoms with Crippen molar-refractivity contribution < 1.29 is 14.3 Å². The Hall–Kier alpha value is -0.850. The Balaban J connectivity index is 0.00000196. The Morgan fingerprint density at radius 1 is 0.846 bits per heavy atom. The van der Waals surface area contributed by atoms with Gasteiger partial charge in [0.2, 0.25) is 5.91 Å². The second-order valence-electron chi connectivity index (χ2n) is 8.13. The lowest BCUT2D eigenvalue weighted by molar-refractivity contribution is -0.153. The molecule has 26 heavy (non-hydrogen) atoms. The van der Waals surface area contributed by atoms with Crippen molar-refractivity contribution in [1.82, 2.24) is 15.1 Å². The molecule has 0 aromatic rings. The van der Waals surface area contributed by atoms with Crippen molar-refractivity contribution in [2.75, 3.05) is 39.3 Å². The van der Waals surface area contributed by atoms with E-state index in [2.05, 4.69) is 5.32 Å². The first-order valence-corrected chi connectivity index (χ1v) is 10.2. The highest BCUT2D eigenvalue weighted by atomic mass is 35.5. The van der Waals surface area contributed by atoms with E-state index in [1.54, 1.807) is 0 Å². The molecule has 2 unspecified atom stereocenters. The van der Waals surface area contributed by atoms with Gasteiger partial charge >= 0.3 is 0 Å². The van der Waals surface area contributed by atoms with E-state index in [4.69, 9.17) is 4.74 Å². The summed E-state index contributed by atoms with van der Waals surface area (Å²) in [6, 6.07) is -0.262. The molecular weight excluding hydrogens is 354 g/mol. The zero-order valence-electron chi connectivity index (χ0n) is 15.5. The number of piperidine rings is 1. The third kappa shape index (κ3) is 4.02. The van der Waals surface area contributed by atoms with Crippen LogP contribution in [0.2, 0.25) is 0 Å². The van der Waals surface area contributed by atoms with Crippen molar-refractivity contribution in [2.24, 2.45) is 11.8 Å². The largest absolute Gasteiger partial charge is 0.368 e. The van der Waals surface area contributed by atoms with E-state index in [9.17, 15) is 9.59 Å². The molecule has 7 heteroatoms. The zero-order valence-corrected chi connectivity index (χ0v) is 16.3. The highest BCUT2D eigenvalue weighted by Crippen LogP contribution is 2.29. The molecule has 4 heterocycles. The van der Waals surface area contributed by atoms with Gasteiger partial charge in [0.05, 0.1) is 0 Å². The van der Waals surface area contributed by atoms with Gasteiger partial charge in [0.25, 0.3) is 5.91 Å². The summed E-state index contributed by atoms with van der Waals surface area (Å²) in [5.74, 6) is 1.66. The normalized spacial score (nSPS) is 34.8. The van der Waals surface area contributed by atoms with Crippen LogP contribution in [0.25, 0.3) is 0 Å². The number of amides is 2. The van der Waals surface area contributed by atoms with Crippen LogP contribution in [0.1, 0.15) is 44.9 Å². The maximum Gasteiger partial charge on any atom is 0.252 e. The number of nitrogens with zero attached hydrogens (tertiary/aromatic N) is 2. The standard InChI is InChI=1S/C19H31N3O3.ClH/c23-18(21-9-6-14-12-20-13-15(14)7-10-21)16-4-1-2-8-22(16)19(24)17-5-3-11-25-17;/h14-17,20H,1-13H2;1H/t14-,15+,16?,17?;. The maximum absolute atomic E-state index is 13.2. The molecule has 4 rings (SSSR count). The molecule has 1 N–H and O–H groups in total. The Kier molecular flexibility index (Phi) is 6.81. The lowest BCUT2D eigenvalue weighted by Gasteiger charge is -2.38. The van der Waals surface area contributed by atoms with Crippen LogP contribution in [-0.2, 0) is 14.3 Å². The van der Waals surface area contributed by atoms with Gasteiger partial charge in [0.15, 0.2) is 0 Å². The predicted molar refractivity (Wildman–Crippen MR) is 101 cm³/mol. The SMILES string of the molecule is Cl.O=C(C1CCCCN1C(=O)C1CCCO1)N1CC[C@@H]2CNC[C@@H]2CC1. The summed E-state index contributed by atoms with van der Waals surface area (Å²) in [5, 5.41) is 3.48. The van der Waals surface area contributed by atoms with Crippen LogP contribution in [0.5, 0.6) is 0 Å². The summed E-state index contributed by atoms with van der Waals surface area (Å²) < 4.78 is 5.59. The molecule has 0 bridgehead atoms. The van der Waals surface area contributed by atoms with Crippen molar-refractivity contribution in [1.29, 1.82) is 0 Å². The fraction of sp³-hybridized carbons (Fsp3) is 0.895. The van der Waals surface area contributed by atoms with E-state index in [0.29, 0.717) is 25.0 Å². The molecule has 148 valence electrons. The number of nitrogens with one attached hydrogen (secondary N) is 1. The predicted octanol–water partition coefficient (Wildman–Crippen LogP) is 1.43. The van der Waals surface area contributed by atoms with Crippen LogP contribution in [0.15, 0.2) is 0 Å². The molecule has 0 spiro atoms. The second-order valence-corrected chi connectivity index (χ2v) is 8.13. The minimum atomic E-state index is -0.317. The van der Waals surface area contributed by atoms with Gasteiger partial charge in [-0.3, -0.25) is 9.59 Å². The summed E-state index contributed by atoms with van der Waals surface area (Å²) in [6.07, 6.45) is 6.46. The van der Waals surface area contributed by atoms with E-state index >= 15 is 0 Å². The van der Waals surface area contributed by atoms with E-state index < -0.39 is 0 Å². The summed E-state index contributed by atoms with van der Waals surface area (Å²) >= 11 is 0.